The average molecular weight is 361 g/mol. The van der Waals surface area contributed by atoms with E-state index in [1.807, 2.05) is 43.3 Å². The number of rotatable bonds is 3. The summed E-state index contributed by atoms with van der Waals surface area (Å²) in [4.78, 5) is 27.9. The lowest BCUT2D eigenvalue weighted by atomic mass is 9.93. The van der Waals surface area contributed by atoms with Crippen LogP contribution in [0.1, 0.15) is 42.2 Å². The van der Waals surface area contributed by atoms with Gasteiger partial charge in [-0.15, -0.1) is 0 Å². The van der Waals surface area contributed by atoms with Crippen molar-refractivity contribution in [2.75, 3.05) is 6.54 Å². The van der Waals surface area contributed by atoms with Gasteiger partial charge in [0.2, 0.25) is 5.43 Å². The first kappa shape index (κ1) is 17.5. The monoisotopic (exact) mass is 361 g/mol. The van der Waals surface area contributed by atoms with Crippen molar-refractivity contribution < 1.29 is 4.79 Å². The molecule has 0 saturated carbocycles. The molecule has 0 aliphatic carbocycles. The van der Waals surface area contributed by atoms with E-state index >= 15 is 0 Å². The Labute approximate surface area is 158 Å². The summed E-state index contributed by atoms with van der Waals surface area (Å²) in [6, 6.07) is 17.6. The molecular weight excluding hydrogens is 338 g/mol. The van der Waals surface area contributed by atoms with E-state index in [2.05, 4.69) is 24.2 Å². The quantitative estimate of drug-likeness (QED) is 0.718. The van der Waals surface area contributed by atoms with Crippen LogP contribution in [0.4, 0.5) is 0 Å². The number of aryl methyl sites for hydroxylation is 1. The molecule has 0 bridgehead atoms. The summed E-state index contributed by atoms with van der Waals surface area (Å²) >= 11 is 0. The predicted octanol–water partition coefficient (Wildman–Crippen LogP) is 3.43. The van der Waals surface area contributed by atoms with Gasteiger partial charge in [-0.2, -0.15) is 5.10 Å². The zero-order valence-corrected chi connectivity index (χ0v) is 15.6. The molecule has 0 spiro atoms. The average Bonchev–Trinajstić information content (AvgIpc) is 3.10. The third kappa shape index (κ3) is 2.93. The van der Waals surface area contributed by atoms with Gasteiger partial charge >= 0.3 is 0 Å². The Morgan fingerprint density at radius 1 is 1.11 bits per heavy atom. The Morgan fingerprint density at radius 2 is 1.81 bits per heavy atom. The van der Waals surface area contributed by atoms with Crippen LogP contribution in [0.5, 0.6) is 0 Å². The Morgan fingerprint density at radius 3 is 2.56 bits per heavy atom. The lowest BCUT2D eigenvalue weighted by molar-refractivity contribution is 0.0732. The molecule has 3 aromatic rings. The fourth-order valence-electron chi connectivity index (χ4n) is 4.13. The molecule has 2 unspecified atom stereocenters. The highest BCUT2D eigenvalue weighted by molar-refractivity contribution is 5.95. The molecule has 4 rings (SSSR count). The molecule has 1 fully saturated rings. The second-order valence-corrected chi connectivity index (χ2v) is 7.06. The van der Waals surface area contributed by atoms with Crippen molar-refractivity contribution in [3.8, 4) is 0 Å². The van der Waals surface area contributed by atoms with Crippen molar-refractivity contribution in [3.05, 3.63) is 76.1 Å². The minimum atomic E-state index is -0.282. The maximum atomic E-state index is 13.2. The fourth-order valence-corrected chi connectivity index (χ4v) is 4.13. The van der Waals surface area contributed by atoms with Gasteiger partial charge in [-0.1, -0.05) is 42.5 Å². The molecule has 1 aromatic heterocycles. The molecule has 1 amide bonds. The van der Waals surface area contributed by atoms with Crippen LogP contribution >= 0.6 is 0 Å². The van der Waals surface area contributed by atoms with Crippen LogP contribution < -0.4 is 5.43 Å². The standard InChI is InChI=1S/C22H23N3O2/c1-3-25-19-12-8-7-11-18(19)21(26)20(23-25)22(27)24-14-13-17(15(24)2)16-9-5-4-6-10-16/h4-12,15,17H,3,13-14H2,1-2H3. The number of benzene rings is 2. The first-order valence-corrected chi connectivity index (χ1v) is 9.47. The fraction of sp³-hybridized carbons (Fsp3) is 0.318. The molecular formula is C22H23N3O2. The number of carbonyl (C=O) groups excluding carboxylic acids is 1. The number of amides is 1. The Kier molecular flexibility index (Phi) is 4.52. The van der Waals surface area contributed by atoms with Crippen molar-refractivity contribution >= 4 is 16.8 Å². The first-order valence-electron chi connectivity index (χ1n) is 9.47. The van der Waals surface area contributed by atoms with Gasteiger partial charge in [0, 0.05) is 30.4 Å². The van der Waals surface area contributed by atoms with E-state index in [0.717, 1.165) is 11.9 Å². The summed E-state index contributed by atoms with van der Waals surface area (Å²) in [6.07, 6.45) is 0.895. The molecule has 0 radical (unpaired) electrons. The summed E-state index contributed by atoms with van der Waals surface area (Å²) in [6.45, 7) is 5.26. The van der Waals surface area contributed by atoms with E-state index in [0.29, 0.717) is 18.5 Å². The molecule has 0 N–H and O–H groups in total. The minimum absolute atomic E-state index is 0.0242. The maximum Gasteiger partial charge on any atom is 0.278 e. The third-order valence-electron chi connectivity index (χ3n) is 5.61. The molecule has 2 aromatic carbocycles. The van der Waals surface area contributed by atoms with E-state index in [1.165, 1.54) is 5.56 Å². The molecule has 2 atom stereocenters. The molecule has 5 heteroatoms. The number of hydrogen-bond acceptors (Lipinski definition) is 3. The van der Waals surface area contributed by atoms with Gasteiger partial charge in [-0.25, -0.2) is 0 Å². The zero-order chi connectivity index (χ0) is 19.0. The largest absolute Gasteiger partial charge is 0.334 e. The van der Waals surface area contributed by atoms with E-state index in [1.54, 1.807) is 15.6 Å². The number of para-hydroxylation sites is 1. The maximum absolute atomic E-state index is 13.2. The highest BCUT2D eigenvalue weighted by atomic mass is 16.2. The van der Waals surface area contributed by atoms with Crippen molar-refractivity contribution in [1.82, 2.24) is 14.7 Å². The van der Waals surface area contributed by atoms with Crippen molar-refractivity contribution in [3.63, 3.8) is 0 Å². The van der Waals surface area contributed by atoms with Crippen LogP contribution in [-0.2, 0) is 6.54 Å². The summed E-state index contributed by atoms with van der Waals surface area (Å²) in [5.41, 5.74) is 1.74. The van der Waals surface area contributed by atoms with Crippen LogP contribution in [0.2, 0.25) is 0 Å². The van der Waals surface area contributed by atoms with Gasteiger partial charge in [-0.05, 0) is 38.0 Å². The van der Waals surface area contributed by atoms with Gasteiger partial charge in [0.25, 0.3) is 5.91 Å². The van der Waals surface area contributed by atoms with Gasteiger partial charge in [0.05, 0.1) is 5.52 Å². The van der Waals surface area contributed by atoms with E-state index in [-0.39, 0.29) is 29.0 Å². The van der Waals surface area contributed by atoms with Gasteiger partial charge in [0.15, 0.2) is 5.69 Å². The van der Waals surface area contributed by atoms with Crippen LogP contribution in [0.15, 0.2) is 59.4 Å². The summed E-state index contributed by atoms with van der Waals surface area (Å²) in [5, 5.41) is 4.95. The molecule has 1 aliphatic heterocycles. The SMILES string of the molecule is CCn1nc(C(=O)N2CCC(c3ccccc3)C2C)c(=O)c2ccccc21. The van der Waals surface area contributed by atoms with E-state index < -0.39 is 0 Å². The Bertz CT molecular complexity index is 1040. The number of fused-ring (bicyclic) bond motifs is 1. The molecule has 1 aliphatic rings. The summed E-state index contributed by atoms with van der Waals surface area (Å²) in [5.74, 6) is 0.0166. The third-order valence-corrected chi connectivity index (χ3v) is 5.61. The normalized spacial score (nSPS) is 19.6. The molecule has 138 valence electrons. The van der Waals surface area contributed by atoms with Gasteiger partial charge in [-0.3, -0.25) is 14.3 Å². The number of carbonyl (C=O) groups is 1. The van der Waals surface area contributed by atoms with Gasteiger partial charge in [0.1, 0.15) is 0 Å². The highest BCUT2D eigenvalue weighted by Gasteiger charge is 2.36. The smallest absolute Gasteiger partial charge is 0.278 e. The topological polar surface area (TPSA) is 55.2 Å². The highest BCUT2D eigenvalue weighted by Crippen LogP contribution is 2.33. The minimum Gasteiger partial charge on any atom is -0.334 e. The van der Waals surface area contributed by atoms with E-state index in [4.69, 9.17) is 0 Å². The lowest BCUT2D eigenvalue weighted by Crippen LogP contribution is -2.39. The zero-order valence-electron chi connectivity index (χ0n) is 15.6. The number of nitrogens with zero attached hydrogens (tertiary/aromatic N) is 3. The van der Waals surface area contributed by atoms with E-state index in [9.17, 15) is 9.59 Å². The van der Waals surface area contributed by atoms with Crippen LogP contribution in [0, 0.1) is 0 Å². The lowest BCUT2D eigenvalue weighted by Gasteiger charge is -2.25. The van der Waals surface area contributed by atoms with Crippen LogP contribution in [-0.4, -0.2) is 33.2 Å². The first-order chi connectivity index (χ1) is 13.1. The van der Waals surface area contributed by atoms with Gasteiger partial charge < -0.3 is 4.90 Å². The number of hydrogen-bond donors (Lipinski definition) is 0. The molecule has 27 heavy (non-hydrogen) atoms. The second kappa shape index (κ2) is 6.99. The molecule has 1 saturated heterocycles. The second-order valence-electron chi connectivity index (χ2n) is 7.06. The Hall–Kier alpha value is -2.95. The van der Waals surface area contributed by atoms with Crippen molar-refractivity contribution in [2.24, 2.45) is 0 Å². The Balaban J connectivity index is 1.71. The van der Waals surface area contributed by atoms with Crippen LogP contribution in [0.25, 0.3) is 10.9 Å². The number of aromatic nitrogens is 2. The summed E-state index contributed by atoms with van der Waals surface area (Å²) in [7, 11) is 0. The van der Waals surface area contributed by atoms with Crippen molar-refractivity contribution in [1.29, 1.82) is 0 Å². The molecule has 5 nitrogen and oxygen atoms in total. The number of likely N-dealkylation sites (tertiary alicyclic amines) is 1. The predicted molar refractivity (Wildman–Crippen MR) is 106 cm³/mol. The summed E-state index contributed by atoms with van der Waals surface area (Å²) < 4.78 is 1.74. The molecule has 2 heterocycles. The van der Waals surface area contributed by atoms with Crippen LogP contribution in [0.3, 0.4) is 0 Å². The van der Waals surface area contributed by atoms with Crippen molar-refractivity contribution in [2.45, 2.75) is 38.8 Å².